The normalized spacial score (nSPS) is 13.4. The second-order valence-corrected chi connectivity index (χ2v) is 8.52. The van der Waals surface area contributed by atoms with Crippen LogP contribution >= 0.6 is 11.6 Å². The van der Waals surface area contributed by atoms with Crippen LogP contribution in [0.25, 0.3) is 0 Å². The first-order chi connectivity index (χ1) is 12.9. The van der Waals surface area contributed by atoms with E-state index in [-0.39, 0.29) is 10.6 Å². The summed E-state index contributed by atoms with van der Waals surface area (Å²) >= 11 is 5.74. The van der Waals surface area contributed by atoms with Crippen LogP contribution in [0.1, 0.15) is 19.4 Å². The maximum atomic E-state index is 12.8. The van der Waals surface area contributed by atoms with Crippen molar-refractivity contribution in [3.05, 3.63) is 59.1 Å². The summed E-state index contributed by atoms with van der Waals surface area (Å²) in [5.41, 5.74) is -1.01. The topological polar surface area (TPSA) is 75.3 Å². The van der Waals surface area contributed by atoms with Crippen molar-refractivity contribution in [3.8, 4) is 0 Å². The van der Waals surface area contributed by atoms with Gasteiger partial charge in [-0.1, -0.05) is 31.5 Å². The number of hydrogen-bond donors (Lipinski definition) is 2. The number of carbonyl (C=O) groups excluding carboxylic acids is 1. The fourth-order valence-corrected chi connectivity index (χ4v) is 3.80. The third-order valence-electron chi connectivity index (χ3n) is 3.81. The zero-order valence-corrected chi connectivity index (χ0v) is 16.5. The maximum absolute atomic E-state index is 12.8. The number of amides is 1. The molecule has 2 N–H and O–H groups in total. The number of carbonyl (C=O) groups is 1. The Hall–Kier alpha value is -2.10. The molecule has 0 saturated heterocycles. The largest absolute Gasteiger partial charge is 0.416 e. The van der Waals surface area contributed by atoms with E-state index < -0.39 is 39.6 Å². The highest BCUT2D eigenvalue weighted by Gasteiger charge is 2.32. The molecular formula is C18H18ClF3N2O3S. The monoisotopic (exact) mass is 434 g/mol. The Kier molecular flexibility index (Phi) is 6.74. The lowest BCUT2D eigenvalue weighted by atomic mass is 10.0. The molecule has 1 amide bonds. The standard InChI is InChI=1S/C18H18ClF3N2O3S/c1-11(2)16(24-28(26,27)15-8-6-13(19)7-9-15)17(25)23-14-5-3-4-12(10-14)18(20,21)22/h3-11,16,24H,1-2H3,(H,23,25)/t16-/m1/s1. The van der Waals surface area contributed by atoms with Crippen molar-refractivity contribution in [1.29, 1.82) is 0 Å². The van der Waals surface area contributed by atoms with Gasteiger partial charge in [0, 0.05) is 10.7 Å². The van der Waals surface area contributed by atoms with Gasteiger partial charge in [0.1, 0.15) is 6.04 Å². The van der Waals surface area contributed by atoms with E-state index in [0.717, 1.165) is 18.2 Å². The number of alkyl halides is 3. The SMILES string of the molecule is CC(C)[C@@H](NS(=O)(=O)c1ccc(Cl)cc1)C(=O)Nc1cccc(C(F)(F)F)c1. The molecule has 152 valence electrons. The third-order valence-corrected chi connectivity index (χ3v) is 5.52. The summed E-state index contributed by atoms with van der Waals surface area (Å²) < 4.78 is 65.8. The van der Waals surface area contributed by atoms with Crippen molar-refractivity contribution >= 4 is 33.2 Å². The van der Waals surface area contributed by atoms with Crippen LogP contribution in [0.5, 0.6) is 0 Å². The van der Waals surface area contributed by atoms with Crippen LogP contribution in [-0.4, -0.2) is 20.4 Å². The summed E-state index contributed by atoms with van der Waals surface area (Å²) in [5, 5.41) is 2.68. The van der Waals surface area contributed by atoms with Crippen molar-refractivity contribution in [2.45, 2.75) is 31.0 Å². The van der Waals surface area contributed by atoms with Gasteiger partial charge in [0.05, 0.1) is 10.5 Å². The molecule has 0 aliphatic heterocycles. The van der Waals surface area contributed by atoms with Crippen molar-refractivity contribution in [2.24, 2.45) is 5.92 Å². The lowest BCUT2D eigenvalue weighted by Crippen LogP contribution is -2.47. The van der Waals surface area contributed by atoms with Crippen molar-refractivity contribution in [1.82, 2.24) is 4.72 Å². The van der Waals surface area contributed by atoms with E-state index in [1.54, 1.807) is 13.8 Å². The molecule has 0 aromatic heterocycles. The van der Waals surface area contributed by atoms with Crippen LogP contribution in [0.3, 0.4) is 0 Å². The molecule has 1 atom stereocenters. The minimum atomic E-state index is -4.56. The number of rotatable bonds is 6. The minimum absolute atomic E-state index is 0.0869. The second-order valence-electron chi connectivity index (χ2n) is 6.36. The molecule has 10 heteroatoms. The van der Waals surface area contributed by atoms with Gasteiger partial charge in [-0.2, -0.15) is 17.9 Å². The molecule has 0 aliphatic rings. The number of nitrogens with one attached hydrogen (secondary N) is 2. The number of halogens is 4. The quantitative estimate of drug-likeness (QED) is 0.711. The average molecular weight is 435 g/mol. The molecule has 0 heterocycles. The van der Waals surface area contributed by atoms with Gasteiger partial charge >= 0.3 is 6.18 Å². The second kappa shape index (κ2) is 8.50. The number of benzene rings is 2. The zero-order chi connectivity index (χ0) is 21.1. The molecule has 0 bridgehead atoms. The van der Waals surface area contributed by atoms with E-state index in [0.29, 0.717) is 5.02 Å². The predicted octanol–water partition coefficient (Wildman–Crippen LogP) is 4.30. The molecule has 0 fully saturated rings. The first-order valence-electron chi connectivity index (χ1n) is 8.16. The van der Waals surface area contributed by atoms with Gasteiger partial charge in [-0.3, -0.25) is 4.79 Å². The molecule has 2 aromatic carbocycles. The van der Waals surface area contributed by atoms with Crippen molar-refractivity contribution < 1.29 is 26.4 Å². The predicted molar refractivity (Wildman–Crippen MR) is 100 cm³/mol. The van der Waals surface area contributed by atoms with E-state index in [9.17, 15) is 26.4 Å². The summed E-state index contributed by atoms with van der Waals surface area (Å²) in [6, 6.07) is 8.25. The molecule has 5 nitrogen and oxygen atoms in total. The highest BCUT2D eigenvalue weighted by molar-refractivity contribution is 7.89. The number of anilines is 1. The van der Waals surface area contributed by atoms with Crippen LogP contribution in [0, 0.1) is 5.92 Å². The van der Waals surface area contributed by atoms with Crippen LogP contribution in [0.15, 0.2) is 53.4 Å². The first-order valence-corrected chi connectivity index (χ1v) is 10.0. The van der Waals surface area contributed by atoms with Gasteiger partial charge in [-0.15, -0.1) is 0 Å². The Labute approximate surface area is 166 Å². The van der Waals surface area contributed by atoms with Crippen LogP contribution in [0.4, 0.5) is 18.9 Å². The fourth-order valence-electron chi connectivity index (χ4n) is 2.33. The highest BCUT2D eigenvalue weighted by Crippen LogP contribution is 2.30. The van der Waals surface area contributed by atoms with Gasteiger partial charge in [0.25, 0.3) is 0 Å². The molecule has 0 radical (unpaired) electrons. The summed E-state index contributed by atoms with van der Waals surface area (Å²) in [5.74, 6) is -1.24. The number of hydrogen-bond acceptors (Lipinski definition) is 3. The third kappa shape index (κ3) is 5.70. The van der Waals surface area contributed by atoms with Crippen LogP contribution < -0.4 is 10.0 Å². The van der Waals surface area contributed by atoms with Gasteiger partial charge < -0.3 is 5.32 Å². The fraction of sp³-hybridized carbons (Fsp3) is 0.278. The first kappa shape index (κ1) is 22.2. The average Bonchev–Trinajstić information content (AvgIpc) is 2.59. The molecule has 0 spiro atoms. The Morgan fingerprint density at radius 1 is 1.07 bits per heavy atom. The molecule has 0 saturated carbocycles. The molecule has 2 aromatic rings. The van der Waals surface area contributed by atoms with Gasteiger partial charge in [0.15, 0.2) is 0 Å². The highest BCUT2D eigenvalue weighted by atomic mass is 35.5. The Bertz CT molecular complexity index is 945. The minimum Gasteiger partial charge on any atom is -0.325 e. The van der Waals surface area contributed by atoms with Crippen molar-refractivity contribution in [3.63, 3.8) is 0 Å². The van der Waals surface area contributed by atoms with E-state index in [2.05, 4.69) is 10.0 Å². The van der Waals surface area contributed by atoms with Gasteiger partial charge in [-0.25, -0.2) is 8.42 Å². The molecular weight excluding hydrogens is 417 g/mol. The molecule has 28 heavy (non-hydrogen) atoms. The summed E-state index contributed by atoms with van der Waals surface area (Å²) in [6.45, 7) is 3.22. The summed E-state index contributed by atoms with van der Waals surface area (Å²) in [4.78, 5) is 12.4. The Morgan fingerprint density at radius 3 is 2.21 bits per heavy atom. The smallest absolute Gasteiger partial charge is 0.325 e. The van der Waals surface area contributed by atoms with E-state index >= 15 is 0 Å². The zero-order valence-electron chi connectivity index (χ0n) is 14.9. The molecule has 0 aliphatic carbocycles. The van der Waals surface area contributed by atoms with Gasteiger partial charge in [0.2, 0.25) is 15.9 Å². The lowest BCUT2D eigenvalue weighted by Gasteiger charge is -2.22. The van der Waals surface area contributed by atoms with Crippen LogP contribution in [0.2, 0.25) is 5.02 Å². The van der Waals surface area contributed by atoms with E-state index in [1.807, 2.05) is 0 Å². The summed E-state index contributed by atoms with van der Waals surface area (Å²) in [7, 11) is -4.04. The van der Waals surface area contributed by atoms with Crippen molar-refractivity contribution in [2.75, 3.05) is 5.32 Å². The van der Waals surface area contributed by atoms with E-state index in [1.165, 1.54) is 30.3 Å². The van der Waals surface area contributed by atoms with Gasteiger partial charge in [-0.05, 0) is 48.4 Å². The Morgan fingerprint density at radius 2 is 1.68 bits per heavy atom. The molecule has 2 rings (SSSR count). The van der Waals surface area contributed by atoms with E-state index in [4.69, 9.17) is 11.6 Å². The summed E-state index contributed by atoms with van der Waals surface area (Å²) in [6.07, 6.45) is -4.56. The number of sulfonamides is 1. The van der Waals surface area contributed by atoms with Crippen LogP contribution in [-0.2, 0) is 21.0 Å². The Balaban J connectivity index is 2.22. The maximum Gasteiger partial charge on any atom is 0.416 e. The molecule has 0 unspecified atom stereocenters. The lowest BCUT2D eigenvalue weighted by molar-refractivity contribution is -0.137.